The van der Waals surface area contributed by atoms with E-state index in [4.69, 9.17) is 4.74 Å². The normalized spacial score (nSPS) is 24.0. The molecule has 110 valence electrons. The monoisotopic (exact) mass is 283 g/mol. The Morgan fingerprint density at radius 1 is 1.14 bits per heavy atom. The summed E-state index contributed by atoms with van der Waals surface area (Å²) in [5.41, 5.74) is 3.77. The molecule has 1 aromatic heterocycles. The van der Waals surface area contributed by atoms with E-state index in [1.54, 1.807) is 0 Å². The molecule has 2 aliphatic rings. The molecule has 1 aliphatic carbocycles. The summed E-state index contributed by atoms with van der Waals surface area (Å²) in [7, 11) is 0. The maximum absolute atomic E-state index is 10.2. The Kier molecular flexibility index (Phi) is 3.23. The molecular formula is C18H21NO2. The van der Waals surface area contributed by atoms with Crippen LogP contribution in [0.5, 0.6) is 5.75 Å². The van der Waals surface area contributed by atoms with Crippen LogP contribution in [0.25, 0.3) is 0 Å². The van der Waals surface area contributed by atoms with E-state index in [0.29, 0.717) is 5.92 Å². The second-order valence-electron chi connectivity index (χ2n) is 6.24. The van der Waals surface area contributed by atoms with Crippen LogP contribution < -0.4 is 4.74 Å². The molecule has 2 aromatic rings. The third-order valence-corrected chi connectivity index (χ3v) is 4.76. The second-order valence-corrected chi connectivity index (χ2v) is 6.24. The lowest BCUT2D eigenvalue weighted by atomic mass is 10.0. The topological polar surface area (TPSA) is 34.4 Å². The van der Waals surface area contributed by atoms with Crippen LogP contribution in [0, 0.1) is 0 Å². The first kappa shape index (κ1) is 13.0. The van der Waals surface area contributed by atoms with Gasteiger partial charge in [-0.3, -0.25) is 0 Å². The van der Waals surface area contributed by atoms with Crippen LogP contribution >= 0.6 is 0 Å². The third-order valence-electron chi connectivity index (χ3n) is 4.76. The van der Waals surface area contributed by atoms with Crippen molar-refractivity contribution in [1.82, 2.24) is 4.57 Å². The van der Waals surface area contributed by atoms with Gasteiger partial charge >= 0.3 is 0 Å². The van der Waals surface area contributed by atoms with Crippen LogP contribution in [0.1, 0.15) is 48.0 Å². The quantitative estimate of drug-likeness (QED) is 0.857. The molecule has 0 spiro atoms. The SMILES string of the molecule is OC1CCCCc2cn(CC3COc4ccccc43)cc21. The van der Waals surface area contributed by atoms with E-state index in [1.807, 2.05) is 12.1 Å². The zero-order chi connectivity index (χ0) is 14.2. The predicted octanol–water partition coefficient (Wildman–Crippen LogP) is 3.42. The van der Waals surface area contributed by atoms with Crippen molar-refractivity contribution in [3.8, 4) is 5.75 Å². The summed E-state index contributed by atoms with van der Waals surface area (Å²) in [4.78, 5) is 0. The number of hydrogen-bond acceptors (Lipinski definition) is 2. The summed E-state index contributed by atoms with van der Waals surface area (Å²) in [5.74, 6) is 1.44. The van der Waals surface area contributed by atoms with E-state index >= 15 is 0 Å². The fourth-order valence-corrected chi connectivity index (χ4v) is 3.63. The Hall–Kier alpha value is -1.74. The van der Waals surface area contributed by atoms with Gasteiger partial charge in [0.2, 0.25) is 0 Å². The van der Waals surface area contributed by atoms with Gasteiger partial charge in [-0.25, -0.2) is 0 Å². The second kappa shape index (κ2) is 5.23. The molecule has 2 heterocycles. The average Bonchev–Trinajstić information content (AvgIpc) is 3.05. The first-order valence-electron chi connectivity index (χ1n) is 7.89. The Morgan fingerprint density at radius 3 is 3.00 bits per heavy atom. The first-order valence-corrected chi connectivity index (χ1v) is 7.89. The number of aliphatic hydroxyl groups excluding tert-OH is 1. The third kappa shape index (κ3) is 2.36. The maximum atomic E-state index is 10.2. The van der Waals surface area contributed by atoms with E-state index in [2.05, 4.69) is 29.1 Å². The van der Waals surface area contributed by atoms with Gasteiger partial charge in [-0.15, -0.1) is 0 Å². The lowest BCUT2D eigenvalue weighted by molar-refractivity contribution is 0.166. The van der Waals surface area contributed by atoms with Crippen LogP contribution in [0.4, 0.5) is 0 Å². The van der Waals surface area contributed by atoms with Crippen LogP contribution in [0.15, 0.2) is 36.7 Å². The molecule has 21 heavy (non-hydrogen) atoms. The zero-order valence-corrected chi connectivity index (χ0v) is 12.2. The number of para-hydroxylation sites is 1. The highest BCUT2D eigenvalue weighted by Crippen LogP contribution is 2.35. The minimum absolute atomic E-state index is 0.282. The number of ether oxygens (including phenoxy) is 1. The molecule has 1 N–H and O–H groups in total. The van der Waals surface area contributed by atoms with Crippen molar-refractivity contribution < 1.29 is 9.84 Å². The largest absolute Gasteiger partial charge is 0.493 e. The summed E-state index contributed by atoms with van der Waals surface area (Å²) in [6.45, 7) is 1.68. The zero-order valence-electron chi connectivity index (χ0n) is 12.2. The molecule has 0 saturated carbocycles. The molecule has 1 aromatic carbocycles. The minimum atomic E-state index is -0.282. The van der Waals surface area contributed by atoms with Crippen molar-refractivity contribution in [2.45, 2.75) is 44.2 Å². The maximum Gasteiger partial charge on any atom is 0.122 e. The van der Waals surface area contributed by atoms with Crippen molar-refractivity contribution in [3.05, 3.63) is 53.3 Å². The highest BCUT2D eigenvalue weighted by atomic mass is 16.5. The lowest BCUT2D eigenvalue weighted by Crippen LogP contribution is -2.09. The molecule has 3 nitrogen and oxygen atoms in total. The van der Waals surface area contributed by atoms with Gasteiger partial charge < -0.3 is 14.4 Å². The minimum Gasteiger partial charge on any atom is -0.493 e. The molecule has 1 aliphatic heterocycles. The molecule has 0 fully saturated rings. The number of benzene rings is 1. The van der Waals surface area contributed by atoms with Crippen molar-refractivity contribution in [3.63, 3.8) is 0 Å². The highest BCUT2D eigenvalue weighted by Gasteiger charge is 2.25. The van der Waals surface area contributed by atoms with Gasteiger partial charge in [0.15, 0.2) is 0 Å². The summed E-state index contributed by atoms with van der Waals surface area (Å²) < 4.78 is 8.01. The van der Waals surface area contributed by atoms with Gasteiger partial charge in [0.05, 0.1) is 12.7 Å². The van der Waals surface area contributed by atoms with Crippen molar-refractivity contribution in [1.29, 1.82) is 0 Å². The van der Waals surface area contributed by atoms with Crippen molar-refractivity contribution in [2.24, 2.45) is 0 Å². The number of hydrogen-bond donors (Lipinski definition) is 1. The van der Waals surface area contributed by atoms with Gasteiger partial charge in [-0.05, 0) is 30.9 Å². The molecule has 0 saturated heterocycles. The Morgan fingerprint density at radius 2 is 2.05 bits per heavy atom. The number of rotatable bonds is 2. The van der Waals surface area contributed by atoms with Crippen LogP contribution in [-0.2, 0) is 13.0 Å². The fraction of sp³-hybridized carbons (Fsp3) is 0.444. The van der Waals surface area contributed by atoms with Gasteiger partial charge in [-0.2, -0.15) is 0 Å². The van der Waals surface area contributed by atoms with E-state index in [0.717, 1.165) is 43.7 Å². The molecule has 0 radical (unpaired) electrons. The van der Waals surface area contributed by atoms with Gasteiger partial charge in [0.25, 0.3) is 0 Å². The van der Waals surface area contributed by atoms with Crippen LogP contribution in [0.2, 0.25) is 0 Å². The molecule has 4 rings (SSSR count). The molecule has 0 bridgehead atoms. The van der Waals surface area contributed by atoms with Gasteiger partial charge in [0.1, 0.15) is 5.75 Å². The first-order chi connectivity index (χ1) is 10.3. The van der Waals surface area contributed by atoms with E-state index < -0.39 is 0 Å². The van der Waals surface area contributed by atoms with Crippen molar-refractivity contribution >= 4 is 0 Å². The fourth-order valence-electron chi connectivity index (χ4n) is 3.63. The smallest absolute Gasteiger partial charge is 0.122 e. The molecule has 2 atom stereocenters. The van der Waals surface area contributed by atoms with E-state index in [9.17, 15) is 5.11 Å². The number of nitrogens with zero attached hydrogens (tertiary/aromatic N) is 1. The molecule has 3 heteroatoms. The predicted molar refractivity (Wildman–Crippen MR) is 81.6 cm³/mol. The molecule has 2 unspecified atom stereocenters. The number of aromatic nitrogens is 1. The summed E-state index contributed by atoms with van der Waals surface area (Å²) in [5, 5.41) is 10.2. The number of aryl methyl sites for hydroxylation is 1. The van der Waals surface area contributed by atoms with Gasteiger partial charge in [-0.1, -0.05) is 24.6 Å². The summed E-state index contributed by atoms with van der Waals surface area (Å²) in [6, 6.07) is 8.31. The van der Waals surface area contributed by atoms with Crippen LogP contribution in [-0.4, -0.2) is 16.3 Å². The summed E-state index contributed by atoms with van der Waals surface area (Å²) in [6.07, 6.45) is 8.39. The van der Waals surface area contributed by atoms with E-state index in [1.165, 1.54) is 17.5 Å². The number of fused-ring (bicyclic) bond motifs is 2. The number of aliphatic hydroxyl groups is 1. The van der Waals surface area contributed by atoms with Gasteiger partial charge in [0, 0.05) is 36.0 Å². The average molecular weight is 283 g/mol. The summed E-state index contributed by atoms with van der Waals surface area (Å²) >= 11 is 0. The van der Waals surface area contributed by atoms with Crippen molar-refractivity contribution in [2.75, 3.05) is 6.61 Å². The molecule has 0 amide bonds. The Bertz CT molecular complexity index is 646. The lowest BCUT2D eigenvalue weighted by Gasteiger charge is -2.10. The van der Waals surface area contributed by atoms with E-state index in [-0.39, 0.29) is 6.10 Å². The standard InChI is InChI=1S/C18H21NO2/c20-17-7-3-1-5-13-9-19(11-16(13)17)10-14-12-21-18-8-4-2-6-15(14)18/h2,4,6,8-9,11,14,17,20H,1,3,5,7,10,12H2. The van der Waals surface area contributed by atoms with Crippen LogP contribution in [0.3, 0.4) is 0 Å². The Labute approximate surface area is 125 Å². The Balaban J connectivity index is 1.58. The molecular weight excluding hydrogens is 262 g/mol. The highest BCUT2D eigenvalue weighted by molar-refractivity contribution is 5.39.